The van der Waals surface area contributed by atoms with E-state index < -0.39 is 0 Å². The molecule has 0 radical (unpaired) electrons. The summed E-state index contributed by atoms with van der Waals surface area (Å²) in [5.74, 6) is 0.465. The SMILES string of the molecule is CSc1ccc(C(=O)N2CC(c3ccc(Cl)c(Cl)c3)C(C(C)Oc3ccc(Cl)cn3)C2)cn1. The standard InChI is InChI=1S/C24H22Cl3N3O2S/c1-14(32-22-7-5-17(25)11-28-22)18-12-30(24(31)16-4-8-23(33-2)29-10-16)13-19(18)15-3-6-20(26)21(27)9-15/h3-11,14,18-19H,12-13H2,1-2H3. The van der Waals surface area contributed by atoms with Gasteiger partial charge in [-0.2, -0.15) is 0 Å². The predicted octanol–water partition coefficient (Wildman–Crippen LogP) is 6.48. The largest absolute Gasteiger partial charge is 0.474 e. The Balaban J connectivity index is 1.60. The summed E-state index contributed by atoms with van der Waals surface area (Å²) in [6, 6.07) is 12.8. The number of benzene rings is 1. The summed E-state index contributed by atoms with van der Waals surface area (Å²) >= 11 is 19.9. The van der Waals surface area contributed by atoms with Crippen molar-refractivity contribution in [2.24, 2.45) is 5.92 Å². The van der Waals surface area contributed by atoms with Crippen molar-refractivity contribution in [1.29, 1.82) is 0 Å². The molecule has 4 rings (SSSR count). The third-order valence-electron chi connectivity index (χ3n) is 5.83. The number of pyridine rings is 2. The Morgan fingerprint density at radius 3 is 2.52 bits per heavy atom. The number of hydrogen-bond donors (Lipinski definition) is 0. The van der Waals surface area contributed by atoms with E-state index in [1.54, 1.807) is 30.6 Å². The zero-order chi connectivity index (χ0) is 23.5. The van der Waals surface area contributed by atoms with E-state index in [0.29, 0.717) is 39.6 Å². The highest BCUT2D eigenvalue weighted by Crippen LogP contribution is 2.38. The number of halogens is 3. The number of amides is 1. The lowest BCUT2D eigenvalue weighted by molar-refractivity contribution is 0.0769. The molecule has 0 saturated carbocycles. The smallest absolute Gasteiger partial charge is 0.255 e. The number of ether oxygens (including phenoxy) is 1. The average Bonchev–Trinajstić information content (AvgIpc) is 3.27. The van der Waals surface area contributed by atoms with Crippen molar-refractivity contribution in [3.05, 3.63) is 81.1 Å². The molecular formula is C24H22Cl3N3O2S. The Morgan fingerprint density at radius 2 is 1.88 bits per heavy atom. The first-order valence-electron chi connectivity index (χ1n) is 10.4. The van der Waals surface area contributed by atoms with Gasteiger partial charge in [-0.3, -0.25) is 4.79 Å². The van der Waals surface area contributed by atoms with Gasteiger partial charge in [0.25, 0.3) is 5.91 Å². The van der Waals surface area contributed by atoms with Crippen LogP contribution in [0, 0.1) is 5.92 Å². The summed E-state index contributed by atoms with van der Waals surface area (Å²) in [6.07, 6.45) is 4.92. The van der Waals surface area contributed by atoms with Gasteiger partial charge in [0, 0.05) is 43.4 Å². The first-order valence-corrected chi connectivity index (χ1v) is 12.7. The molecule has 1 aliphatic heterocycles. The number of hydrogen-bond acceptors (Lipinski definition) is 5. The lowest BCUT2D eigenvalue weighted by Crippen LogP contribution is -2.32. The molecule has 1 fully saturated rings. The average molecular weight is 523 g/mol. The molecule has 1 saturated heterocycles. The number of carbonyl (C=O) groups excluding carboxylic acids is 1. The fourth-order valence-electron chi connectivity index (χ4n) is 4.09. The van der Waals surface area contributed by atoms with E-state index in [1.165, 1.54) is 11.8 Å². The quantitative estimate of drug-likeness (QED) is 0.347. The molecule has 0 N–H and O–H groups in total. The van der Waals surface area contributed by atoms with Gasteiger partial charge in [-0.1, -0.05) is 40.9 Å². The number of thioether (sulfide) groups is 1. The van der Waals surface area contributed by atoms with Crippen LogP contribution in [0.25, 0.3) is 0 Å². The number of nitrogens with zero attached hydrogens (tertiary/aromatic N) is 3. The van der Waals surface area contributed by atoms with Crippen molar-refractivity contribution in [2.75, 3.05) is 19.3 Å². The van der Waals surface area contributed by atoms with Gasteiger partial charge >= 0.3 is 0 Å². The van der Waals surface area contributed by atoms with Gasteiger partial charge in [0.05, 0.1) is 25.7 Å². The van der Waals surface area contributed by atoms with Crippen LogP contribution in [0.5, 0.6) is 5.88 Å². The molecule has 3 heterocycles. The van der Waals surface area contributed by atoms with E-state index in [4.69, 9.17) is 39.5 Å². The normalized spacial score (nSPS) is 18.9. The van der Waals surface area contributed by atoms with Crippen LogP contribution in [0.3, 0.4) is 0 Å². The van der Waals surface area contributed by atoms with Crippen molar-refractivity contribution in [1.82, 2.24) is 14.9 Å². The highest BCUT2D eigenvalue weighted by atomic mass is 35.5. The molecule has 172 valence electrons. The molecule has 1 aromatic carbocycles. The molecule has 3 aromatic rings. The van der Waals surface area contributed by atoms with Gasteiger partial charge in [0.2, 0.25) is 5.88 Å². The van der Waals surface area contributed by atoms with Gasteiger partial charge in [-0.15, -0.1) is 11.8 Å². The molecule has 5 nitrogen and oxygen atoms in total. The number of carbonyl (C=O) groups is 1. The second-order valence-corrected chi connectivity index (χ2v) is 9.96. The van der Waals surface area contributed by atoms with Crippen molar-refractivity contribution < 1.29 is 9.53 Å². The Kier molecular flexibility index (Phi) is 7.69. The van der Waals surface area contributed by atoms with Crippen LogP contribution in [0.4, 0.5) is 0 Å². The molecule has 3 unspecified atom stereocenters. The van der Waals surface area contributed by atoms with E-state index in [2.05, 4.69) is 9.97 Å². The fourth-order valence-corrected chi connectivity index (χ4v) is 4.87. The fraction of sp³-hybridized carbons (Fsp3) is 0.292. The Morgan fingerprint density at radius 1 is 1.06 bits per heavy atom. The summed E-state index contributed by atoms with van der Waals surface area (Å²) in [7, 11) is 0. The maximum atomic E-state index is 13.3. The van der Waals surface area contributed by atoms with E-state index in [9.17, 15) is 4.79 Å². The lowest BCUT2D eigenvalue weighted by atomic mass is 9.86. The summed E-state index contributed by atoms with van der Waals surface area (Å²) < 4.78 is 6.14. The van der Waals surface area contributed by atoms with E-state index in [-0.39, 0.29) is 23.8 Å². The molecule has 0 aliphatic carbocycles. The molecule has 9 heteroatoms. The number of aromatic nitrogens is 2. The molecule has 1 amide bonds. The summed E-state index contributed by atoms with van der Waals surface area (Å²) in [5, 5.41) is 2.40. The molecule has 33 heavy (non-hydrogen) atoms. The number of likely N-dealkylation sites (tertiary alicyclic amines) is 1. The van der Waals surface area contributed by atoms with Crippen LogP contribution >= 0.6 is 46.6 Å². The van der Waals surface area contributed by atoms with Crippen LogP contribution in [0.15, 0.2) is 59.9 Å². The van der Waals surface area contributed by atoms with Crippen LogP contribution in [-0.2, 0) is 0 Å². The summed E-state index contributed by atoms with van der Waals surface area (Å²) in [4.78, 5) is 23.7. The van der Waals surface area contributed by atoms with E-state index in [0.717, 1.165) is 10.6 Å². The first-order chi connectivity index (χ1) is 15.9. The maximum Gasteiger partial charge on any atom is 0.255 e. The highest BCUT2D eigenvalue weighted by molar-refractivity contribution is 7.98. The van der Waals surface area contributed by atoms with Gasteiger partial charge in [-0.05, 0) is 49.1 Å². The van der Waals surface area contributed by atoms with Gasteiger partial charge < -0.3 is 9.64 Å². The molecule has 0 spiro atoms. The minimum Gasteiger partial charge on any atom is -0.474 e. The van der Waals surface area contributed by atoms with Crippen molar-refractivity contribution >= 4 is 52.5 Å². The van der Waals surface area contributed by atoms with Crippen LogP contribution in [0.1, 0.15) is 28.8 Å². The molecule has 0 bridgehead atoms. The topological polar surface area (TPSA) is 55.3 Å². The van der Waals surface area contributed by atoms with E-state index >= 15 is 0 Å². The van der Waals surface area contributed by atoms with Gasteiger partial charge in [0.15, 0.2) is 0 Å². The lowest BCUT2D eigenvalue weighted by Gasteiger charge is -2.25. The zero-order valence-corrected chi connectivity index (χ0v) is 21.1. The second-order valence-electron chi connectivity index (χ2n) is 7.88. The second kappa shape index (κ2) is 10.5. The Bertz CT molecular complexity index is 1130. The van der Waals surface area contributed by atoms with E-state index in [1.807, 2.05) is 42.3 Å². The Hall–Kier alpha value is -1.99. The van der Waals surface area contributed by atoms with Crippen LogP contribution in [-0.4, -0.2) is 46.2 Å². The third-order valence-corrected chi connectivity index (χ3v) is 7.45. The van der Waals surface area contributed by atoms with Crippen molar-refractivity contribution in [3.8, 4) is 5.88 Å². The molecular weight excluding hydrogens is 501 g/mol. The van der Waals surface area contributed by atoms with Gasteiger partial charge in [0.1, 0.15) is 6.10 Å². The Labute approximate surface area is 212 Å². The molecule has 3 atom stereocenters. The maximum absolute atomic E-state index is 13.3. The van der Waals surface area contributed by atoms with Crippen LogP contribution in [0.2, 0.25) is 15.1 Å². The minimum absolute atomic E-state index is 0.0158. The monoisotopic (exact) mass is 521 g/mol. The summed E-state index contributed by atoms with van der Waals surface area (Å²) in [5.41, 5.74) is 1.58. The van der Waals surface area contributed by atoms with Crippen molar-refractivity contribution in [3.63, 3.8) is 0 Å². The highest BCUT2D eigenvalue weighted by Gasteiger charge is 2.40. The number of rotatable bonds is 6. The predicted molar refractivity (Wildman–Crippen MR) is 134 cm³/mol. The summed E-state index contributed by atoms with van der Waals surface area (Å²) in [6.45, 7) is 3.06. The third kappa shape index (κ3) is 5.57. The first kappa shape index (κ1) is 24.1. The van der Waals surface area contributed by atoms with Gasteiger partial charge in [-0.25, -0.2) is 9.97 Å². The zero-order valence-electron chi connectivity index (χ0n) is 18.0. The molecule has 2 aromatic heterocycles. The molecule has 1 aliphatic rings. The minimum atomic E-state index is -0.215. The van der Waals surface area contributed by atoms with Crippen LogP contribution < -0.4 is 4.74 Å². The van der Waals surface area contributed by atoms with Crippen molar-refractivity contribution in [2.45, 2.75) is 24.0 Å².